The van der Waals surface area contributed by atoms with Gasteiger partial charge in [0.05, 0.1) is 16.6 Å². The van der Waals surface area contributed by atoms with Crippen molar-refractivity contribution in [3.05, 3.63) is 71.1 Å². The lowest BCUT2D eigenvalue weighted by Crippen LogP contribution is -1.97. The maximum absolute atomic E-state index is 6.21. The topological polar surface area (TPSA) is 81.0 Å². The second kappa shape index (κ2) is 6.61. The minimum atomic E-state index is 0.401. The highest BCUT2D eigenvalue weighted by atomic mass is 35.5. The highest BCUT2D eigenvalue weighted by molar-refractivity contribution is 6.32. The Morgan fingerprint density at radius 3 is 3.04 bits per heavy atom. The van der Waals surface area contributed by atoms with Crippen molar-refractivity contribution in [2.24, 2.45) is 0 Å². The summed E-state index contributed by atoms with van der Waals surface area (Å²) in [5, 5.41) is 12.8. The van der Waals surface area contributed by atoms with Crippen molar-refractivity contribution < 1.29 is 4.74 Å². The molecule has 0 atom stereocenters. The van der Waals surface area contributed by atoms with Crippen LogP contribution in [0.4, 0.5) is 0 Å². The minimum absolute atomic E-state index is 0.401. The molecular weight excluding hydrogens is 376 g/mol. The highest BCUT2D eigenvalue weighted by Crippen LogP contribution is 2.27. The van der Waals surface area contributed by atoms with Gasteiger partial charge in [0.15, 0.2) is 17.1 Å². The first-order valence-electron chi connectivity index (χ1n) is 8.70. The standard InChI is InChI=1S/C20H15ClN6O/c1-12-5-6-16(21)17(7-12)28-10-13-3-2-4-14(8-13)18-24-20-15-9-23-25-19(15)22-11-27(20)26-18/h2-9,11H,10H2,1H3,(H,23,25). The Morgan fingerprint density at radius 2 is 2.11 bits per heavy atom. The maximum atomic E-state index is 6.21. The molecular formula is C20H15ClN6O. The van der Waals surface area contributed by atoms with E-state index in [-0.39, 0.29) is 0 Å². The van der Waals surface area contributed by atoms with Crippen LogP contribution in [0.2, 0.25) is 5.02 Å². The summed E-state index contributed by atoms with van der Waals surface area (Å²) in [4.78, 5) is 8.94. The fourth-order valence-corrected chi connectivity index (χ4v) is 3.22. The summed E-state index contributed by atoms with van der Waals surface area (Å²) < 4.78 is 7.56. The molecule has 0 amide bonds. The van der Waals surface area contributed by atoms with Gasteiger partial charge in [0.2, 0.25) is 0 Å². The molecule has 0 unspecified atom stereocenters. The van der Waals surface area contributed by atoms with Crippen molar-refractivity contribution >= 4 is 28.3 Å². The average Bonchev–Trinajstić information content (AvgIpc) is 3.35. The van der Waals surface area contributed by atoms with Gasteiger partial charge in [-0.15, -0.1) is 5.10 Å². The molecule has 5 aromatic rings. The molecule has 3 aromatic heterocycles. The van der Waals surface area contributed by atoms with Crippen LogP contribution in [0.15, 0.2) is 55.0 Å². The first-order chi connectivity index (χ1) is 13.7. The summed E-state index contributed by atoms with van der Waals surface area (Å²) in [6.07, 6.45) is 3.32. The lowest BCUT2D eigenvalue weighted by Gasteiger charge is -2.09. The number of hydrogen-bond acceptors (Lipinski definition) is 5. The number of rotatable bonds is 4. The van der Waals surface area contributed by atoms with Crippen LogP contribution in [-0.2, 0) is 6.61 Å². The zero-order valence-electron chi connectivity index (χ0n) is 14.9. The average molecular weight is 391 g/mol. The van der Waals surface area contributed by atoms with E-state index in [1.54, 1.807) is 17.0 Å². The summed E-state index contributed by atoms with van der Waals surface area (Å²) in [5.41, 5.74) is 4.39. The van der Waals surface area contributed by atoms with Crippen molar-refractivity contribution in [1.29, 1.82) is 0 Å². The van der Waals surface area contributed by atoms with Crippen LogP contribution < -0.4 is 4.74 Å². The fraction of sp³-hybridized carbons (Fsp3) is 0.100. The number of nitrogens with one attached hydrogen (secondary N) is 1. The Kier molecular flexibility index (Phi) is 3.95. The van der Waals surface area contributed by atoms with Crippen LogP contribution in [-0.4, -0.2) is 29.8 Å². The quantitative estimate of drug-likeness (QED) is 0.497. The van der Waals surface area contributed by atoms with Gasteiger partial charge in [-0.2, -0.15) is 5.10 Å². The number of aromatic nitrogens is 6. The number of ether oxygens (including phenoxy) is 1. The minimum Gasteiger partial charge on any atom is -0.487 e. The monoisotopic (exact) mass is 390 g/mol. The van der Waals surface area contributed by atoms with Crippen LogP contribution in [0, 0.1) is 6.92 Å². The van der Waals surface area contributed by atoms with Gasteiger partial charge in [0.1, 0.15) is 18.7 Å². The fourth-order valence-electron chi connectivity index (χ4n) is 3.05. The van der Waals surface area contributed by atoms with E-state index in [1.807, 2.05) is 49.4 Å². The summed E-state index contributed by atoms with van der Waals surface area (Å²) in [6, 6.07) is 13.7. The predicted octanol–water partition coefficient (Wildman–Crippen LogP) is 4.21. The Bertz CT molecular complexity index is 1310. The molecule has 0 radical (unpaired) electrons. The van der Waals surface area contributed by atoms with E-state index < -0.39 is 0 Å². The van der Waals surface area contributed by atoms with E-state index in [1.165, 1.54) is 0 Å². The molecule has 0 aliphatic heterocycles. The van der Waals surface area contributed by atoms with Gasteiger partial charge in [-0.25, -0.2) is 14.5 Å². The first kappa shape index (κ1) is 16.7. The molecule has 138 valence electrons. The molecule has 0 saturated heterocycles. The number of hydrogen-bond donors (Lipinski definition) is 1. The number of aromatic amines is 1. The lowest BCUT2D eigenvalue weighted by atomic mass is 10.1. The van der Waals surface area contributed by atoms with E-state index >= 15 is 0 Å². The zero-order valence-corrected chi connectivity index (χ0v) is 15.7. The van der Waals surface area contributed by atoms with Crippen LogP contribution in [0.25, 0.3) is 28.1 Å². The number of H-pyrrole nitrogens is 1. The van der Waals surface area contributed by atoms with E-state index in [9.17, 15) is 0 Å². The number of fused-ring (bicyclic) bond motifs is 3. The summed E-state index contributed by atoms with van der Waals surface area (Å²) in [6.45, 7) is 2.41. The molecule has 28 heavy (non-hydrogen) atoms. The molecule has 7 nitrogen and oxygen atoms in total. The molecule has 8 heteroatoms. The third-order valence-electron chi connectivity index (χ3n) is 4.45. The predicted molar refractivity (Wildman–Crippen MR) is 106 cm³/mol. The number of benzene rings is 2. The molecule has 1 N–H and O–H groups in total. The Balaban J connectivity index is 1.45. The SMILES string of the molecule is Cc1ccc(Cl)c(OCc2cccc(-c3nc4c5cn[nH]c5ncn4n3)c2)c1. The number of halogens is 1. The molecule has 5 rings (SSSR count). The summed E-state index contributed by atoms with van der Waals surface area (Å²) in [7, 11) is 0. The molecule has 3 heterocycles. The summed E-state index contributed by atoms with van der Waals surface area (Å²) in [5.74, 6) is 1.29. The Morgan fingerprint density at radius 1 is 1.18 bits per heavy atom. The molecule has 0 fully saturated rings. The van der Waals surface area contributed by atoms with Crippen molar-refractivity contribution in [2.75, 3.05) is 0 Å². The molecule has 0 saturated carbocycles. The first-order valence-corrected chi connectivity index (χ1v) is 9.08. The molecule has 0 aliphatic carbocycles. The van der Waals surface area contributed by atoms with E-state index in [0.29, 0.717) is 34.5 Å². The highest BCUT2D eigenvalue weighted by Gasteiger charge is 2.12. The maximum Gasteiger partial charge on any atom is 0.182 e. The van der Waals surface area contributed by atoms with Gasteiger partial charge in [0.25, 0.3) is 0 Å². The normalized spacial score (nSPS) is 11.4. The van der Waals surface area contributed by atoms with Gasteiger partial charge in [-0.05, 0) is 36.2 Å². The summed E-state index contributed by atoms with van der Waals surface area (Å²) >= 11 is 6.21. The van der Waals surface area contributed by atoms with E-state index in [0.717, 1.165) is 22.1 Å². The van der Waals surface area contributed by atoms with Crippen molar-refractivity contribution in [3.8, 4) is 17.1 Å². The Labute approximate surface area is 165 Å². The third-order valence-corrected chi connectivity index (χ3v) is 4.77. The van der Waals surface area contributed by atoms with Gasteiger partial charge in [0, 0.05) is 5.56 Å². The largest absolute Gasteiger partial charge is 0.487 e. The van der Waals surface area contributed by atoms with E-state index in [4.69, 9.17) is 16.3 Å². The third kappa shape index (κ3) is 2.95. The van der Waals surface area contributed by atoms with Crippen molar-refractivity contribution in [2.45, 2.75) is 13.5 Å². The lowest BCUT2D eigenvalue weighted by molar-refractivity contribution is 0.306. The number of aryl methyl sites for hydroxylation is 1. The van der Waals surface area contributed by atoms with Crippen LogP contribution in [0.1, 0.15) is 11.1 Å². The zero-order chi connectivity index (χ0) is 19.1. The number of nitrogens with zero attached hydrogens (tertiary/aromatic N) is 5. The second-order valence-electron chi connectivity index (χ2n) is 6.50. The Hall–Kier alpha value is -3.45. The van der Waals surface area contributed by atoms with Gasteiger partial charge >= 0.3 is 0 Å². The van der Waals surface area contributed by atoms with Crippen molar-refractivity contribution in [1.82, 2.24) is 29.8 Å². The van der Waals surface area contributed by atoms with Gasteiger partial charge < -0.3 is 4.74 Å². The molecule has 0 aliphatic rings. The molecule has 2 aromatic carbocycles. The van der Waals surface area contributed by atoms with Gasteiger partial charge in [-0.1, -0.05) is 35.9 Å². The van der Waals surface area contributed by atoms with Crippen LogP contribution in [0.3, 0.4) is 0 Å². The smallest absolute Gasteiger partial charge is 0.182 e. The van der Waals surface area contributed by atoms with Crippen LogP contribution >= 0.6 is 11.6 Å². The van der Waals surface area contributed by atoms with Gasteiger partial charge in [-0.3, -0.25) is 5.10 Å². The molecule has 0 spiro atoms. The van der Waals surface area contributed by atoms with Crippen LogP contribution in [0.5, 0.6) is 5.75 Å². The second-order valence-corrected chi connectivity index (χ2v) is 6.91. The van der Waals surface area contributed by atoms with Crippen molar-refractivity contribution in [3.63, 3.8) is 0 Å². The van der Waals surface area contributed by atoms with E-state index in [2.05, 4.69) is 25.3 Å². The molecule has 0 bridgehead atoms.